The quantitative estimate of drug-likeness (QED) is 0.730. The molecule has 1 saturated heterocycles. The molecule has 0 bridgehead atoms. The largest absolute Gasteiger partial charge is 0.411 e. The lowest BCUT2D eigenvalue weighted by atomic mass is 10.2. The van der Waals surface area contributed by atoms with Gasteiger partial charge in [-0.15, -0.1) is 10.2 Å². The van der Waals surface area contributed by atoms with Crippen LogP contribution in [0.15, 0.2) is 33.9 Å². The molecule has 0 atom stereocenters. The molecule has 10 heteroatoms. The first kappa shape index (κ1) is 19.7. The van der Waals surface area contributed by atoms with Crippen molar-refractivity contribution in [1.29, 1.82) is 0 Å². The van der Waals surface area contributed by atoms with E-state index in [1.54, 1.807) is 24.3 Å². The number of nitrogens with zero attached hydrogens (tertiary/aromatic N) is 3. The number of benzene rings is 1. The highest BCUT2D eigenvalue weighted by molar-refractivity contribution is 7.99. The van der Waals surface area contributed by atoms with E-state index < -0.39 is 10.0 Å². The van der Waals surface area contributed by atoms with Gasteiger partial charge < -0.3 is 9.32 Å². The van der Waals surface area contributed by atoms with Gasteiger partial charge in [0.15, 0.2) is 0 Å². The Morgan fingerprint density at radius 1 is 1.15 bits per heavy atom. The zero-order valence-electron chi connectivity index (χ0n) is 15.1. The second-order valence-electron chi connectivity index (χ2n) is 6.41. The SMILES string of the molecule is CS(=O)(=O)Nc1ccc(-c2nnc(SCC(=O)N3CCCCCC3)o2)cc1. The number of amides is 1. The minimum absolute atomic E-state index is 0.0952. The van der Waals surface area contributed by atoms with Crippen molar-refractivity contribution in [2.75, 3.05) is 29.8 Å². The van der Waals surface area contributed by atoms with Gasteiger partial charge in [0, 0.05) is 24.3 Å². The molecular formula is C17H22N4O4S2. The van der Waals surface area contributed by atoms with Crippen molar-refractivity contribution in [2.45, 2.75) is 30.9 Å². The molecule has 0 spiro atoms. The lowest BCUT2D eigenvalue weighted by molar-refractivity contribution is -0.128. The summed E-state index contributed by atoms with van der Waals surface area (Å²) in [4.78, 5) is 14.2. The molecule has 1 aromatic carbocycles. The predicted octanol–water partition coefficient (Wildman–Crippen LogP) is 2.60. The van der Waals surface area contributed by atoms with E-state index in [0.717, 1.165) is 32.2 Å². The molecule has 146 valence electrons. The van der Waals surface area contributed by atoms with Gasteiger partial charge in [-0.1, -0.05) is 24.6 Å². The summed E-state index contributed by atoms with van der Waals surface area (Å²) in [7, 11) is -3.32. The van der Waals surface area contributed by atoms with E-state index in [1.165, 1.54) is 24.6 Å². The third-order valence-electron chi connectivity index (χ3n) is 4.12. The number of sulfonamides is 1. The first-order valence-electron chi connectivity index (χ1n) is 8.73. The number of anilines is 1. The Labute approximate surface area is 162 Å². The van der Waals surface area contributed by atoms with Crippen LogP contribution in [0.5, 0.6) is 0 Å². The molecule has 1 N–H and O–H groups in total. The van der Waals surface area contributed by atoms with Crippen LogP contribution >= 0.6 is 11.8 Å². The van der Waals surface area contributed by atoms with Gasteiger partial charge in [-0.2, -0.15) is 0 Å². The molecule has 0 saturated carbocycles. The number of thioether (sulfide) groups is 1. The van der Waals surface area contributed by atoms with Crippen LogP contribution in [0.25, 0.3) is 11.5 Å². The summed E-state index contributed by atoms with van der Waals surface area (Å²) in [5, 5.41) is 8.31. The van der Waals surface area contributed by atoms with Gasteiger partial charge in [0.2, 0.25) is 21.8 Å². The van der Waals surface area contributed by atoms with Crippen LogP contribution < -0.4 is 4.72 Å². The first-order valence-corrected chi connectivity index (χ1v) is 11.6. The van der Waals surface area contributed by atoms with E-state index in [9.17, 15) is 13.2 Å². The average Bonchev–Trinajstić information content (AvgIpc) is 2.92. The number of likely N-dealkylation sites (tertiary alicyclic amines) is 1. The molecule has 3 rings (SSSR count). The maximum atomic E-state index is 12.3. The number of hydrogen-bond acceptors (Lipinski definition) is 7. The maximum absolute atomic E-state index is 12.3. The Bertz CT molecular complexity index is 873. The van der Waals surface area contributed by atoms with E-state index in [1.807, 2.05) is 4.90 Å². The number of aromatic nitrogens is 2. The Hall–Kier alpha value is -2.07. The zero-order chi connectivity index (χ0) is 19.3. The fourth-order valence-corrected chi connectivity index (χ4v) is 4.04. The second-order valence-corrected chi connectivity index (χ2v) is 9.08. The molecule has 0 radical (unpaired) electrons. The number of nitrogens with one attached hydrogen (secondary N) is 1. The molecular weight excluding hydrogens is 388 g/mol. The maximum Gasteiger partial charge on any atom is 0.277 e. The van der Waals surface area contributed by atoms with Crippen LogP contribution in [0, 0.1) is 0 Å². The number of carbonyl (C=O) groups is 1. The van der Waals surface area contributed by atoms with Crippen LogP contribution in [0.2, 0.25) is 0 Å². The van der Waals surface area contributed by atoms with E-state index in [4.69, 9.17) is 4.42 Å². The standard InChI is InChI=1S/C17H22N4O4S2/c1-27(23,24)20-14-8-6-13(7-9-14)16-18-19-17(25-16)26-12-15(22)21-10-4-2-3-5-11-21/h6-9,20H,2-5,10-12H2,1H3. The van der Waals surface area contributed by atoms with Crippen molar-refractivity contribution in [3.05, 3.63) is 24.3 Å². The first-order chi connectivity index (χ1) is 12.9. The molecule has 2 heterocycles. The topological polar surface area (TPSA) is 105 Å². The summed E-state index contributed by atoms with van der Waals surface area (Å²) >= 11 is 1.23. The average molecular weight is 411 g/mol. The minimum Gasteiger partial charge on any atom is -0.411 e. The van der Waals surface area contributed by atoms with E-state index in [2.05, 4.69) is 14.9 Å². The van der Waals surface area contributed by atoms with Gasteiger partial charge in [0.05, 0.1) is 12.0 Å². The summed E-state index contributed by atoms with van der Waals surface area (Å²) in [5.74, 6) is 0.697. The van der Waals surface area contributed by atoms with Crippen LogP contribution in [-0.4, -0.2) is 54.5 Å². The second kappa shape index (κ2) is 8.75. The van der Waals surface area contributed by atoms with Crippen LogP contribution in [0.4, 0.5) is 5.69 Å². The van der Waals surface area contributed by atoms with Gasteiger partial charge in [-0.3, -0.25) is 9.52 Å². The predicted molar refractivity (Wildman–Crippen MR) is 104 cm³/mol. The summed E-state index contributed by atoms with van der Waals surface area (Å²) in [6.45, 7) is 1.64. The summed E-state index contributed by atoms with van der Waals surface area (Å²) in [5.41, 5.74) is 1.13. The van der Waals surface area contributed by atoms with Gasteiger partial charge >= 0.3 is 0 Å². The normalized spacial score (nSPS) is 15.4. The van der Waals surface area contributed by atoms with Crippen LogP contribution in [0.1, 0.15) is 25.7 Å². The van der Waals surface area contributed by atoms with Crippen LogP contribution in [0.3, 0.4) is 0 Å². The van der Waals surface area contributed by atoms with E-state index >= 15 is 0 Å². The van der Waals surface area contributed by atoms with Crippen molar-refractivity contribution in [1.82, 2.24) is 15.1 Å². The monoisotopic (exact) mass is 410 g/mol. The van der Waals surface area contributed by atoms with Gasteiger partial charge in [-0.05, 0) is 37.1 Å². The lowest BCUT2D eigenvalue weighted by Gasteiger charge is -2.19. The molecule has 1 aliphatic heterocycles. The van der Waals surface area contributed by atoms with Gasteiger partial charge in [0.25, 0.3) is 5.22 Å². The van der Waals surface area contributed by atoms with E-state index in [-0.39, 0.29) is 11.7 Å². The van der Waals surface area contributed by atoms with Crippen LogP contribution in [-0.2, 0) is 14.8 Å². The number of rotatable bonds is 6. The summed E-state index contributed by atoms with van der Waals surface area (Å²) < 4.78 is 30.5. The smallest absolute Gasteiger partial charge is 0.277 e. The van der Waals surface area contributed by atoms with Crippen molar-refractivity contribution < 1.29 is 17.6 Å². The third kappa shape index (κ3) is 5.96. The molecule has 8 nitrogen and oxygen atoms in total. The fraction of sp³-hybridized carbons (Fsp3) is 0.471. The lowest BCUT2D eigenvalue weighted by Crippen LogP contribution is -2.33. The van der Waals surface area contributed by atoms with Gasteiger partial charge in [0.1, 0.15) is 0 Å². The Morgan fingerprint density at radius 2 is 1.81 bits per heavy atom. The van der Waals surface area contributed by atoms with Crippen molar-refractivity contribution in [3.63, 3.8) is 0 Å². The third-order valence-corrected chi connectivity index (χ3v) is 5.53. The molecule has 1 aromatic heterocycles. The van der Waals surface area contributed by atoms with Crippen molar-refractivity contribution >= 4 is 33.4 Å². The van der Waals surface area contributed by atoms with E-state index in [0.29, 0.717) is 22.4 Å². The highest BCUT2D eigenvalue weighted by Gasteiger charge is 2.17. The minimum atomic E-state index is -3.32. The molecule has 27 heavy (non-hydrogen) atoms. The van der Waals surface area contributed by atoms with Crippen molar-refractivity contribution in [3.8, 4) is 11.5 Å². The highest BCUT2D eigenvalue weighted by Crippen LogP contribution is 2.25. The highest BCUT2D eigenvalue weighted by atomic mass is 32.2. The van der Waals surface area contributed by atoms with Crippen molar-refractivity contribution in [2.24, 2.45) is 0 Å². The molecule has 2 aromatic rings. The number of carbonyl (C=O) groups excluding carboxylic acids is 1. The van der Waals surface area contributed by atoms with Gasteiger partial charge in [-0.25, -0.2) is 8.42 Å². The Balaban J connectivity index is 1.57. The molecule has 1 aliphatic rings. The molecule has 0 aliphatic carbocycles. The molecule has 1 fully saturated rings. The number of hydrogen-bond donors (Lipinski definition) is 1. The molecule has 0 unspecified atom stereocenters. The summed E-state index contributed by atoms with van der Waals surface area (Å²) in [6, 6.07) is 6.63. The Morgan fingerprint density at radius 3 is 2.44 bits per heavy atom. The summed E-state index contributed by atoms with van der Waals surface area (Å²) in [6.07, 6.45) is 5.58. The Kier molecular flexibility index (Phi) is 6.38. The molecule has 1 amide bonds. The fourth-order valence-electron chi connectivity index (χ4n) is 2.81. The zero-order valence-corrected chi connectivity index (χ0v) is 16.7.